The number of nitrogens with one attached hydrogen (secondary N) is 1. The predicted octanol–water partition coefficient (Wildman–Crippen LogP) is 3.96. The summed E-state index contributed by atoms with van der Waals surface area (Å²) in [6, 6.07) is 18.1. The molecule has 22 heavy (non-hydrogen) atoms. The largest absolute Gasteiger partial charge is 0.492 e. The lowest BCUT2D eigenvalue weighted by molar-refractivity contribution is 0.285. The lowest BCUT2D eigenvalue weighted by atomic mass is 10.1. The van der Waals surface area contributed by atoms with E-state index in [1.807, 2.05) is 42.3 Å². The van der Waals surface area contributed by atoms with Crippen molar-refractivity contribution in [1.29, 1.82) is 0 Å². The minimum Gasteiger partial charge on any atom is -0.492 e. The summed E-state index contributed by atoms with van der Waals surface area (Å²) in [6.07, 6.45) is 1.04. The van der Waals surface area contributed by atoms with Gasteiger partial charge in [-0.2, -0.15) is 0 Å². The first-order valence-electron chi connectivity index (χ1n) is 7.48. The fourth-order valence-corrected chi connectivity index (χ4v) is 2.17. The lowest BCUT2D eigenvalue weighted by Crippen LogP contribution is -2.34. The SMILES string of the molecule is CCc1ccc(NC(=S)N(C)CCOc2ccccc2)cc1. The van der Waals surface area contributed by atoms with E-state index in [4.69, 9.17) is 17.0 Å². The Balaban J connectivity index is 1.76. The Morgan fingerprint density at radius 2 is 1.77 bits per heavy atom. The zero-order chi connectivity index (χ0) is 15.8. The van der Waals surface area contributed by atoms with E-state index >= 15 is 0 Å². The average molecular weight is 314 g/mol. The quantitative estimate of drug-likeness (QED) is 0.816. The molecule has 0 saturated heterocycles. The third kappa shape index (κ3) is 5.04. The van der Waals surface area contributed by atoms with E-state index in [0.29, 0.717) is 11.7 Å². The van der Waals surface area contributed by atoms with Crippen molar-refractivity contribution in [2.24, 2.45) is 0 Å². The fourth-order valence-electron chi connectivity index (χ4n) is 1.96. The van der Waals surface area contributed by atoms with Crippen molar-refractivity contribution in [3.05, 3.63) is 60.2 Å². The number of hydrogen-bond acceptors (Lipinski definition) is 2. The van der Waals surface area contributed by atoms with Gasteiger partial charge in [-0.3, -0.25) is 0 Å². The van der Waals surface area contributed by atoms with Gasteiger partial charge in [0.2, 0.25) is 0 Å². The molecular formula is C18H22N2OS. The van der Waals surface area contributed by atoms with Gasteiger partial charge in [-0.1, -0.05) is 37.3 Å². The van der Waals surface area contributed by atoms with Crippen molar-refractivity contribution < 1.29 is 4.74 Å². The molecule has 116 valence electrons. The van der Waals surface area contributed by atoms with Gasteiger partial charge < -0.3 is 15.0 Å². The summed E-state index contributed by atoms with van der Waals surface area (Å²) in [5.74, 6) is 0.880. The maximum atomic E-state index is 5.68. The van der Waals surface area contributed by atoms with Gasteiger partial charge >= 0.3 is 0 Å². The highest BCUT2D eigenvalue weighted by Crippen LogP contribution is 2.11. The number of aryl methyl sites for hydroxylation is 1. The van der Waals surface area contributed by atoms with Crippen LogP contribution >= 0.6 is 12.2 Å². The average Bonchev–Trinajstić information content (AvgIpc) is 2.56. The van der Waals surface area contributed by atoms with Gasteiger partial charge in [0.25, 0.3) is 0 Å². The zero-order valence-electron chi connectivity index (χ0n) is 13.1. The second kappa shape index (κ2) is 8.39. The maximum Gasteiger partial charge on any atom is 0.173 e. The first kappa shape index (κ1) is 16.3. The number of likely N-dealkylation sites (N-methyl/N-ethyl adjacent to an activating group) is 1. The summed E-state index contributed by atoms with van der Waals surface area (Å²) in [5, 5.41) is 3.94. The molecule has 0 heterocycles. The highest BCUT2D eigenvalue weighted by atomic mass is 32.1. The van der Waals surface area contributed by atoms with E-state index in [-0.39, 0.29) is 0 Å². The third-order valence-electron chi connectivity index (χ3n) is 3.40. The molecule has 0 atom stereocenters. The summed E-state index contributed by atoms with van der Waals surface area (Å²) in [7, 11) is 1.96. The normalized spacial score (nSPS) is 10.1. The molecule has 2 rings (SSSR count). The van der Waals surface area contributed by atoms with Crippen LogP contribution in [0, 0.1) is 0 Å². The minimum absolute atomic E-state index is 0.594. The van der Waals surface area contributed by atoms with Gasteiger partial charge in [0.05, 0.1) is 6.54 Å². The van der Waals surface area contributed by atoms with Crippen LogP contribution in [0.15, 0.2) is 54.6 Å². The van der Waals surface area contributed by atoms with Gasteiger partial charge in [0, 0.05) is 12.7 Å². The van der Waals surface area contributed by atoms with Crippen LogP contribution in [0.5, 0.6) is 5.75 Å². The maximum absolute atomic E-state index is 5.68. The minimum atomic E-state index is 0.594. The summed E-state index contributed by atoms with van der Waals surface area (Å²) in [6.45, 7) is 3.47. The second-order valence-electron chi connectivity index (χ2n) is 5.06. The summed E-state index contributed by atoms with van der Waals surface area (Å²) < 4.78 is 5.68. The number of benzene rings is 2. The fraction of sp³-hybridized carbons (Fsp3) is 0.278. The molecule has 0 aliphatic carbocycles. The molecule has 2 aromatic carbocycles. The molecule has 0 unspecified atom stereocenters. The van der Waals surface area contributed by atoms with Crippen LogP contribution in [0.3, 0.4) is 0 Å². The number of rotatable bonds is 6. The molecule has 3 nitrogen and oxygen atoms in total. The number of ether oxygens (including phenoxy) is 1. The van der Waals surface area contributed by atoms with E-state index < -0.39 is 0 Å². The number of hydrogen-bond donors (Lipinski definition) is 1. The molecular weight excluding hydrogens is 292 g/mol. The second-order valence-corrected chi connectivity index (χ2v) is 5.45. The van der Waals surface area contributed by atoms with Crippen LogP contribution in [0.4, 0.5) is 5.69 Å². The Morgan fingerprint density at radius 1 is 1.09 bits per heavy atom. The highest BCUT2D eigenvalue weighted by molar-refractivity contribution is 7.80. The van der Waals surface area contributed by atoms with Gasteiger partial charge in [-0.15, -0.1) is 0 Å². The number of para-hydroxylation sites is 1. The van der Waals surface area contributed by atoms with Crippen molar-refractivity contribution in [2.45, 2.75) is 13.3 Å². The van der Waals surface area contributed by atoms with Crippen molar-refractivity contribution >= 4 is 23.0 Å². The number of thiocarbonyl (C=S) groups is 1. The first-order valence-corrected chi connectivity index (χ1v) is 7.88. The van der Waals surface area contributed by atoms with Crippen LogP contribution in [-0.2, 0) is 6.42 Å². The molecule has 0 bridgehead atoms. The molecule has 1 N–H and O–H groups in total. The standard InChI is InChI=1S/C18H22N2OS/c1-3-15-9-11-16(12-10-15)19-18(22)20(2)13-14-21-17-7-5-4-6-8-17/h4-12H,3,13-14H2,1-2H3,(H,19,22). The molecule has 0 fully saturated rings. The number of nitrogens with zero attached hydrogens (tertiary/aromatic N) is 1. The van der Waals surface area contributed by atoms with E-state index in [9.17, 15) is 0 Å². The van der Waals surface area contributed by atoms with E-state index in [1.165, 1.54) is 5.56 Å². The topological polar surface area (TPSA) is 24.5 Å². The summed E-state index contributed by atoms with van der Waals surface area (Å²) >= 11 is 5.41. The Labute approximate surface area is 137 Å². The van der Waals surface area contributed by atoms with Crippen LogP contribution in [0.25, 0.3) is 0 Å². The van der Waals surface area contributed by atoms with Crippen molar-refractivity contribution in [3.8, 4) is 5.75 Å². The van der Waals surface area contributed by atoms with Gasteiger partial charge in [0.1, 0.15) is 12.4 Å². The van der Waals surface area contributed by atoms with Crippen molar-refractivity contribution in [3.63, 3.8) is 0 Å². The van der Waals surface area contributed by atoms with Crippen molar-refractivity contribution in [1.82, 2.24) is 4.90 Å². The monoisotopic (exact) mass is 314 g/mol. The lowest BCUT2D eigenvalue weighted by Gasteiger charge is -2.21. The summed E-state index contributed by atoms with van der Waals surface area (Å²) in [4.78, 5) is 1.98. The predicted molar refractivity (Wildman–Crippen MR) is 96.6 cm³/mol. The van der Waals surface area contributed by atoms with Crippen LogP contribution in [0.2, 0.25) is 0 Å². The molecule has 0 amide bonds. The van der Waals surface area contributed by atoms with E-state index in [0.717, 1.165) is 24.4 Å². The molecule has 0 saturated carbocycles. The van der Waals surface area contributed by atoms with Crippen LogP contribution < -0.4 is 10.1 Å². The molecule has 2 aromatic rings. The Kier molecular flexibility index (Phi) is 6.22. The Morgan fingerprint density at radius 3 is 2.41 bits per heavy atom. The van der Waals surface area contributed by atoms with Gasteiger partial charge in [-0.25, -0.2) is 0 Å². The Hall–Kier alpha value is -2.07. The highest BCUT2D eigenvalue weighted by Gasteiger charge is 2.05. The van der Waals surface area contributed by atoms with E-state index in [1.54, 1.807) is 0 Å². The van der Waals surface area contributed by atoms with Gasteiger partial charge in [-0.05, 0) is 48.5 Å². The molecule has 0 aliphatic heterocycles. The van der Waals surface area contributed by atoms with E-state index in [2.05, 4.69) is 36.5 Å². The first-order chi connectivity index (χ1) is 10.7. The number of anilines is 1. The molecule has 0 aliphatic rings. The summed E-state index contributed by atoms with van der Waals surface area (Å²) in [5.41, 5.74) is 2.33. The van der Waals surface area contributed by atoms with Crippen LogP contribution in [0.1, 0.15) is 12.5 Å². The molecule has 0 aromatic heterocycles. The molecule has 4 heteroatoms. The molecule has 0 spiro atoms. The third-order valence-corrected chi connectivity index (χ3v) is 3.81. The van der Waals surface area contributed by atoms with Crippen LogP contribution in [-0.4, -0.2) is 30.2 Å². The zero-order valence-corrected chi connectivity index (χ0v) is 13.9. The Bertz CT molecular complexity index is 584. The molecule has 0 radical (unpaired) electrons. The van der Waals surface area contributed by atoms with Crippen molar-refractivity contribution in [2.75, 3.05) is 25.5 Å². The van der Waals surface area contributed by atoms with Gasteiger partial charge in [0.15, 0.2) is 5.11 Å². The smallest absolute Gasteiger partial charge is 0.173 e.